The summed E-state index contributed by atoms with van der Waals surface area (Å²) >= 11 is 0. The molecule has 0 bridgehead atoms. The van der Waals surface area contributed by atoms with Crippen LogP contribution in [0.3, 0.4) is 0 Å². The molecule has 3 N–H and O–H groups in total. The largest absolute Gasteiger partial charge is 0.508 e. The molecule has 0 unspecified atom stereocenters. The zero-order valence-corrected chi connectivity index (χ0v) is 21.8. The van der Waals surface area contributed by atoms with Crippen molar-refractivity contribution >= 4 is 0 Å². The van der Waals surface area contributed by atoms with Gasteiger partial charge in [-0.2, -0.15) is 0 Å². The SMILES string of the molecule is Cc1cc(O)cc(C(C)C)c1.Cc1ccc(C(C)C)c(O)c1.Cc1ccc(O)cc1C(C)C. The van der Waals surface area contributed by atoms with E-state index < -0.39 is 0 Å². The Labute approximate surface area is 200 Å². The first kappa shape index (κ1) is 28.1. The summed E-state index contributed by atoms with van der Waals surface area (Å²) in [5.41, 5.74) is 6.92. The fourth-order valence-electron chi connectivity index (χ4n) is 3.52. The van der Waals surface area contributed by atoms with Crippen LogP contribution in [-0.4, -0.2) is 15.3 Å². The number of benzene rings is 3. The Bertz CT molecular complexity index is 997. The summed E-state index contributed by atoms with van der Waals surface area (Å²) in [5.74, 6) is 2.52. The van der Waals surface area contributed by atoms with Crippen LogP contribution in [0.2, 0.25) is 0 Å². The van der Waals surface area contributed by atoms with Gasteiger partial charge in [0.1, 0.15) is 17.2 Å². The van der Waals surface area contributed by atoms with Crippen molar-refractivity contribution < 1.29 is 15.3 Å². The molecule has 0 heterocycles. The van der Waals surface area contributed by atoms with Crippen molar-refractivity contribution in [2.24, 2.45) is 0 Å². The summed E-state index contributed by atoms with van der Waals surface area (Å²) in [6.45, 7) is 18.7. The molecule has 0 aliphatic heterocycles. The third kappa shape index (κ3) is 9.61. The predicted octanol–water partition coefficient (Wildman–Crippen LogP) is 8.47. The smallest absolute Gasteiger partial charge is 0.119 e. The third-order valence-electron chi connectivity index (χ3n) is 5.44. The van der Waals surface area contributed by atoms with E-state index in [4.69, 9.17) is 0 Å². The average Bonchev–Trinajstić information content (AvgIpc) is 2.69. The lowest BCUT2D eigenvalue weighted by atomic mass is 9.98. The van der Waals surface area contributed by atoms with E-state index in [1.54, 1.807) is 18.2 Å². The van der Waals surface area contributed by atoms with Crippen molar-refractivity contribution in [1.29, 1.82) is 0 Å². The molecule has 3 aromatic rings. The van der Waals surface area contributed by atoms with Gasteiger partial charge in [-0.1, -0.05) is 65.8 Å². The van der Waals surface area contributed by atoms with Crippen molar-refractivity contribution in [3.05, 3.63) is 88.0 Å². The highest BCUT2D eigenvalue weighted by molar-refractivity contribution is 5.38. The van der Waals surface area contributed by atoms with Crippen LogP contribution in [-0.2, 0) is 0 Å². The summed E-state index contributed by atoms with van der Waals surface area (Å²) in [5, 5.41) is 27.9. The molecule has 0 amide bonds. The Balaban J connectivity index is 0.000000247. The van der Waals surface area contributed by atoms with Gasteiger partial charge < -0.3 is 15.3 Å². The first-order valence-electron chi connectivity index (χ1n) is 11.7. The minimum absolute atomic E-state index is 0.360. The quantitative estimate of drug-likeness (QED) is 0.375. The molecule has 0 saturated heterocycles. The second-order valence-electron chi connectivity index (χ2n) is 9.67. The van der Waals surface area contributed by atoms with E-state index in [2.05, 4.69) is 54.5 Å². The topological polar surface area (TPSA) is 60.7 Å². The predicted molar refractivity (Wildman–Crippen MR) is 141 cm³/mol. The van der Waals surface area contributed by atoms with Crippen molar-refractivity contribution in [3.63, 3.8) is 0 Å². The normalized spacial score (nSPS) is 10.5. The maximum Gasteiger partial charge on any atom is 0.119 e. The standard InChI is InChI=1S/3C10H14O/c1-7(2)9-4-8(3)5-10(11)6-9;1-7(2)10-6-9(11)5-4-8(10)3;1-7(2)9-5-4-8(3)6-10(9)11/h3*4-7,11H,1-3H3. The lowest BCUT2D eigenvalue weighted by molar-refractivity contribution is 0.464. The summed E-state index contributed by atoms with van der Waals surface area (Å²) in [7, 11) is 0. The number of aromatic hydroxyl groups is 3. The summed E-state index contributed by atoms with van der Waals surface area (Å²) in [4.78, 5) is 0. The van der Waals surface area contributed by atoms with E-state index in [1.807, 2.05) is 44.2 Å². The van der Waals surface area contributed by atoms with Crippen LogP contribution in [0.5, 0.6) is 17.2 Å². The summed E-state index contributed by atoms with van der Waals surface area (Å²) in [6, 6.07) is 17.0. The van der Waals surface area contributed by atoms with E-state index in [0.717, 1.165) is 16.7 Å². The van der Waals surface area contributed by atoms with E-state index in [0.29, 0.717) is 35.0 Å². The lowest BCUT2D eigenvalue weighted by Gasteiger charge is -2.08. The highest BCUT2D eigenvalue weighted by atomic mass is 16.3. The van der Waals surface area contributed by atoms with E-state index in [1.165, 1.54) is 16.7 Å². The van der Waals surface area contributed by atoms with Gasteiger partial charge in [0, 0.05) is 0 Å². The van der Waals surface area contributed by atoms with Crippen LogP contribution in [0.4, 0.5) is 0 Å². The number of rotatable bonds is 3. The molecule has 180 valence electrons. The minimum Gasteiger partial charge on any atom is -0.508 e. The number of hydrogen-bond donors (Lipinski definition) is 3. The highest BCUT2D eigenvalue weighted by Gasteiger charge is 2.04. The van der Waals surface area contributed by atoms with E-state index in [9.17, 15) is 15.3 Å². The van der Waals surface area contributed by atoms with Gasteiger partial charge in [0.25, 0.3) is 0 Å². The molecule has 0 aliphatic carbocycles. The Morgan fingerprint density at radius 3 is 1.58 bits per heavy atom. The third-order valence-corrected chi connectivity index (χ3v) is 5.44. The maximum absolute atomic E-state index is 9.46. The molecule has 33 heavy (non-hydrogen) atoms. The Kier molecular flexibility index (Phi) is 11.0. The van der Waals surface area contributed by atoms with Gasteiger partial charge in [0.2, 0.25) is 0 Å². The van der Waals surface area contributed by atoms with Gasteiger partial charge >= 0.3 is 0 Å². The number of hydrogen-bond acceptors (Lipinski definition) is 3. The molecule has 3 nitrogen and oxygen atoms in total. The Morgan fingerprint density at radius 1 is 0.515 bits per heavy atom. The highest BCUT2D eigenvalue weighted by Crippen LogP contribution is 2.26. The molecule has 3 heteroatoms. The number of aryl methyl sites for hydroxylation is 3. The molecule has 0 fully saturated rings. The molecule has 0 aromatic heterocycles. The Hall–Kier alpha value is -2.94. The molecule has 3 aromatic carbocycles. The fourth-order valence-corrected chi connectivity index (χ4v) is 3.52. The molecular formula is C30H42O3. The zero-order chi connectivity index (χ0) is 25.3. The molecular weight excluding hydrogens is 408 g/mol. The first-order valence-corrected chi connectivity index (χ1v) is 11.7. The van der Waals surface area contributed by atoms with Gasteiger partial charge in [-0.15, -0.1) is 0 Å². The van der Waals surface area contributed by atoms with E-state index in [-0.39, 0.29) is 0 Å². The molecule has 0 saturated carbocycles. The molecule has 3 rings (SSSR count). The van der Waals surface area contributed by atoms with Crippen molar-refractivity contribution in [2.45, 2.75) is 80.1 Å². The van der Waals surface area contributed by atoms with Crippen molar-refractivity contribution in [2.75, 3.05) is 0 Å². The lowest BCUT2D eigenvalue weighted by Crippen LogP contribution is -1.90. The summed E-state index contributed by atoms with van der Waals surface area (Å²) in [6.07, 6.45) is 0. The zero-order valence-electron chi connectivity index (χ0n) is 21.8. The van der Waals surface area contributed by atoms with Gasteiger partial charge in [0.05, 0.1) is 0 Å². The Morgan fingerprint density at radius 2 is 1.12 bits per heavy atom. The van der Waals surface area contributed by atoms with Crippen LogP contribution >= 0.6 is 0 Å². The maximum atomic E-state index is 9.46. The monoisotopic (exact) mass is 450 g/mol. The van der Waals surface area contributed by atoms with Gasteiger partial charge in [-0.05, 0) is 102 Å². The number of phenolic OH excluding ortho intramolecular Hbond substituents is 3. The minimum atomic E-state index is 0.360. The second kappa shape index (κ2) is 12.9. The fraction of sp³-hybridized carbons (Fsp3) is 0.400. The first-order chi connectivity index (χ1) is 15.3. The van der Waals surface area contributed by atoms with Crippen LogP contribution in [0.15, 0.2) is 54.6 Å². The molecule has 0 radical (unpaired) electrons. The number of phenols is 3. The van der Waals surface area contributed by atoms with Crippen LogP contribution in [0.25, 0.3) is 0 Å². The summed E-state index contributed by atoms with van der Waals surface area (Å²) < 4.78 is 0. The van der Waals surface area contributed by atoms with Crippen LogP contribution in [0.1, 0.15) is 92.7 Å². The van der Waals surface area contributed by atoms with E-state index >= 15 is 0 Å². The van der Waals surface area contributed by atoms with Crippen LogP contribution < -0.4 is 0 Å². The van der Waals surface area contributed by atoms with Gasteiger partial charge in [-0.3, -0.25) is 0 Å². The molecule has 0 atom stereocenters. The van der Waals surface area contributed by atoms with Crippen molar-refractivity contribution in [1.82, 2.24) is 0 Å². The van der Waals surface area contributed by atoms with Gasteiger partial charge in [0.15, 0.2) is 0 Å². The second-order valence-corrected chi connectivity index (χ2v) is 9.67. The molecule has 0 aliphatic rings. The van der Waals surface area contributed by atoms with Crippen LogP contribution in [0, 0.1) is 20.8 Å². The average molecular weight is 451 g/mol. The van der Waals surface area contributed by atoms with Crippen molar-refractivity contribution in [3.8, 4) is 17.2 Å². The molecule has 0 spiro atoms. The van der Waals surface area contributed by atoms with Gasteiger partial charge in [-0.25, -0.2) is 0 Å².